The minimum absolute atomic E-state index is 0.409. The normalized spacial score (nSPS) is 18.2. The number of aryl methyl sites for hydroxylation is 1. The summed E-state index contributed by atoms with van der Waals surface area (Å²) in [5, 5.41) is 0. The maximum Gasteiger partial charge on any atom is 0.210 e. The first-order valence-corrected chi connectivity index (χ1v) is 11.8. The highest BCUT2D eigenvalue weighted by molar-refractivity contribution is 5.74. The van der Waals surface area contributed by atoms with Crippen molar-refractivity contribution in [1.29, 1.82) is 0 Å². The lowest BCUT2D eigenvalue weighted by Crippen LogP contribution is -2.26. The van der Waals surface area contributed by atoms with Gasteiger partial charge in [0.05, 0.1) is 5.41 Å². The van der Waals surface area contributed by atoms with Gasteiger partial charge in [-0.15, -0.1) is 0 Å². The molecular weight excluding hydrogens is 402 g/mol. The fourth-order valence-corrected chi connectivity index (χ4v) is 4.46. The van der Waals surface area contributed by atoms with Gasteiger partial charge >= 0.3 is 0 Å². The molecule has 1 atom stereocenters. The molecule has 1 unspecified atom stereocenters. The Labute approximate surface area is 196 Å². The van der Waals surface area contributed by atoms with Gasteiger partial charge < -0.3 is 4.42 Å². The van der Waals surface area contributed by atoms with E-state index in [9.17, 15) is 0 Å². The fourth-order valence-electron chi connectivity index (χ4n) is 4.46. The largest absolute Gasteiger partial charge is 0.439 e. The Balaban J connectivity index is 1.49. The molecule has 0 radical (unpaired) electrons. The molecule has 1 aromatic heterocycles. The van der Waals surface area contributed by atoms with Crippen LogP contribution in [-0.2, 0) is 11.8 Å². The summed E-state index contributed by atoms with van der Waals surface area (Å²) in [5.74, 6) is 0.759. The molecular formula is C31H29NO. The molecule has 0 bridgehead atoms. The number of fused-ring (bicyclic) bond motifs is 1. The molecule has 164 valence electrons. The summed E-state index contributed by atoms with van der Waals surface area (Å²) < 4.78 is 6.44. The average Bonchev–Trinajstić information content (AvgIpc) is 3.32. The van der Waals surface area contributed by atoms with Gasteiger partial charge in [0, 0.05) is 0 Å². The van der Waals surface area contributed by atoms with Crippen LogP contribution in [0.15, 0.2) is 113 Å². The standard InChI is InChI=1S/C31H29NO/c1-2-3-10-26-17-18-28-29(23-26)33-30(32-28)31(27-13-8-5-9-14-27)21-19-25(20-22-31)16-15-24-11-6-4-7-12-24/h4-9,11-21,23H,2-3,10,22H2,1H3. The van der Waals surface area contributed by atoms with Gasteiger partial charge in [0.2, 0.25) is 5.89 Å². The summed E-state index contributed by atoms with van der Waals surface area (Å²) in [6.45, 7) is 2.22. The average molecular weight is 432 g/mol. The second kappa shape index (κ2) is 9.46. The fraction of sp³-hybridized carbons (Fsp3) is 0.194. The first kappa shape index (κ1) is 21.2. The maximum absolute atomic E-state index is 6.44. The van der Waals surface area contributed by atoms with Crippen molar-refractivity contribution in [2.75, 3.05) is 0 Å². The van der Waals surface area contributed by atoms with E-state index in [1.165, 1.54) is 35.1 Å². The van der Waals surface area contributed by atoms with Gasteiger partial charge in [0.25, 0.3) is 0 Å². The summed E-state index contributed by atoms with van der Waals surface area (Å²) in [4.78, 5) is 4.96. The van der Waals surface area contributed by atoms with Crippen molar-refractivity contribution >= 4 is 17.2 Å². The number of oxazole rings is 1. The molecule has 0 amide bonds. The van der Waals surface area contributed by atoms with Gasteiger partial charge in [-0.3, -0.25) is 0 Å². The number of hydrogen-bond donors (Lipinski definition) is 0. The smallest absolute Gasteiger partial charge is 0.210 e. The molecule has 1 heterocycles. The Bertz CT molecular complexity index is 1310. The molecule has 1 aliphatic carbocycles. The van der Waals surface area contributed by atoms with E-state index in [0.717, 1.165) is 29.8 Å². The predicted octanol–water partition coefficient (Wildman–Crippen LogP) is 8.06. The Morgan fingerprint density at radius 3 is 2.45 bits per heavy atom. The third-order valence-corrected chi connectivity index (χ3v) is 6.43. The first-order valence-electron chi connectivity index (χ1n) is 11.8. The molecule has 0 saturated carbocycles. The number of nitrogens with zero attached hydrogens (tertiary/aromatic N) is 1. The number of hydrogen-bond acceptors (Lipinski definition) is 2. The third-order valence-electron chi connectivity index (χ3n) is 6.43. The van der Waals surface area contributed by atoms with Gasteiger partial charge in [-0.2, -0.15) is 0 Å². The number of unbranched alkanes of at least 4 members (excludes halogenated alkanes) is 1. The number of aromatic nitrogens is 1. The molecule has 0 fully saturated rings. The summed E-state index contributed by atoms with van der Waals surface area (Å²) in [6.07, 6.45) is 15.3. The quantitative estimate of drug-likeness (QED) is 0.296. The van der Waals surface area contributed by atoms with Crippen LogP contribution in [0.3, 0.4) is 0 Å². The third kappa shape index (κ3) is 4.47. The Morgan fingerprint density at radius 1 is 0.939 bits per heavy atom. The van der Waals surface area contributed by atoms with Crippen molar-refractivity contribution in [3.8, 4) is 0 Å². The molecule has 2 heteroatoms. The van der Waals surface area contributed by atoms with Crippen molar-refractivity contribution in [3.63, 3.8) is 0 Å². The van der Waals surface area contributed by atoms with Crippen LogP contribution in [0.2, 0.25) is 0 Å². The van der Waals surface area contributed by atoms with Crippen molar-refractivity contribution in [3.05, 3.63) is 131 Å². The number of allylic oxidation sites excluding steroid dienone is 5. The van der Waals surface area contributed by atoms with Crippen LogP contribution in [0.4, 0.5) is 0 Å². The zero-order valence-electron chi connectivity index (χ0n) is 19.1. The van der Waals surface area contributed by atoms with Crippen molar-refractivity contribution < 1.29 is 4.42 Å². The molecule has 3 aromatic carbocycles. The van der Waals surface area contributed by atoms with E-state index in [1.807, 2.05) is 6.07 Å². The molecule has 2 nitrogen and oxygen atoms in total. The molecule has 0 N–H and O–H groups in total. The number of benzene rings is 3. The first-order chi connectivity index (χ1) is 16.3. The summed E-state index contributed by atoms with van der Waals surface area (Å²) in [6, 6.07) is 27.4. The lowest BCUT2D eigenvalue weighted by Gasteiger charge is -2.29. The van der Waals surface area contributed by atoms with Gasteiger partial charge in [0.1, 0.15) is 5.52 Å². The lowest BCUT2D eigenvalue weighted by molar-refractivity contribution is 0.440. The van der Waals surface area contributed by atoms with E-state index < -0.39 is 5.41 Å². The Morgan fingerprint density at radius 2 is 1.73 bits per heavy atom. The summed E-state index contributed by atoms with van der Waals surface area (Å²) in [7, 11) is 0. The predicted molar refractivity (Wildman–Crippen MR) is 137 cm³/mol. The van der Waals surface area contributed by atoms with Crippen LogP contribution in [0.5, 0.6) is 0 Å². The highest BCUT2D eigenvalue weighted by Crippen LogP contribution is 2.41. The Kier molecular flexibility index (Phi) is 6.08. The minimum atomic E-state index is -0.409. The molecule has 1 aliphatic rings. The van der Waals surface area contributed by atoms with E-state index in [0.29, 0.717) is 0 Å². The molecule has 0 spiro atoms. The highest BCUT2D eigenvalue weighted by atomic mass is 16.3. The van der Waals surface area contributed by atoms with Crippen LogP contribution in [0, 0.1) is 0 Å². The second-order valence-electron chi connectivity index (χ2n) is 8.75. The highest BCUT2D eigenvalue weighted by Gasteiger charge is 2.37. The zero-order chi connectivity index (χ0) is 22.5. The van der Waals surface area contributed by atoms with Gasteiger partial charge in [-0.25, -0.2) is 4.98 Å². The maximum atomic E-state index is 6.44. The van der Waals surface area contributed by atoms with Crippen LogP contribution in [0.25, 0.3) is 17.2 Å². The van der Waals surface area contributed by atoms with Crippen LogP contribution in [-0.4, -0.2) is 4.98 Å². The van der Waals surface area contributed by atoms with E-state index in [2.05, 4.69) is 110 Å². The van der Waals surface area contributed by atoms with Gasteiger partial charge in [-0.1, -0.05) is 110 Å². The topological polar surface area (TPSA) is 26.0 Å². The minimum Gasteiger partial charge on any atom is -0.439 e. The SMILES string of the molecule is CCCCc1ccc2nc(C3(c4ccccc4)C=CC(C=Cc4ccccc4)=CC3)oc2c1. The van der Waals surface area contributed by atoms with E-state index in [4.69, 9.17) is 9.40 Å². The van der Waals surface area contributed by atoms with Gasteiger partial charge in [0.15, 0.2) is 5.58 Å². The molecule has 5 rings (SSSR count). The summed E-state index contributed by atoms with van der Waals surface area (Å²) in [5.41, 5.74) is 6.30. The van der Waals surface area contributed by atoms with Crippen LogP contribution in [0.1, 0.15) is 48.8 Å². The Hall–Kier alpha value is -3.65. The molecule has 33 heavy (non-hydrogen) atoms. The lowest BCUT2D eigenvalue weighted by atomic mass is 9.74. The van der Waals surface area contributed by atoms with Crippen LogP contribution < -0.4 is 0 Å². The molecule has 4 aromatic rings. The second-order valence-corrected chi connectivity index (χ2v) is 8.75. The van der Waals surface area contributed by atoms with E-state index >= 15 is 0 Å². The van der Waals surface area contributed by atoms with Crippen molar-refractivity contribution in [2.24, 2.45) is 0 Å². The zero-order valence-corrected chi connectivity index (χ0v) is 19.1. The van der Waals surface area contributed by atoms with Crippen molar-refractivity contribution in [2.45, 2.75) is 38.0 Å². The summed E-state index contributed by atoms with van der Waals surface area (Å²) >= 11 is 0. The number of rotatable bonds is 7. The van der Waals surface area contributed by atoms with Crippen molar-refractivity contribution in [1.82, 2.24) is 4.98 Å². The van der Waals surface area contributed by atoms with Crippen LogP contribution >= 0.6 is 0 Å². The molecule has 0 saturated heterocycles. The monoisotopic (exact) mass is 431 g/mol. The van der Waals surface area contributed by atoms with E-state index in [1.54, 1.807) is 0 Å². The van der Waals surface area contributed by atoms with Gasteiger partial charge in [-0.05, 0) is 53.7 Å². The van der Waals surface area contributed by atoms with E-state index in [-0.39, 0.29) is 0 Å². The molecule has 0 aliphatic heterocycles.